The molecule has 124 valence electrons. The van der Waals surface area contributed by atoms with Crippen molar-refractivity contribution < 1.29 is 4.79 Å². The monoisotopic (exact) mass is 313 g/mol. The summed E-state index contributed by atoms with van der Waals surface area (Å²) in [7, 11) is 0. The molecule has 1 aromatic rings. The summed E-state index contributed by atoms with van der Waals surface area (Å²) in [6, 6.07) is 9.68. The van der Waals surface area contributed by atoms with E-state index in [1.165, 1.54) is 31.2 Å². The van der Waals surface area contributed by atoms with Gasteiger partial charge in [0, 0.05) is 36.7 Å². The third-order valence-electron chi connectivity index (χ3n) is 5.84. The maximum absolute atomic E-state index is 12.5. The third kappa shape index (κ3) is 2.90. The summed E-state index contributed by atoms with van der Waals surface area (Å²) in [6.45, 7) is 2.98. The van der Waals surface area contributed by atoms with Crippen molar-refractivity contribution >= 4 is 11.6 Å². The summed E-state index contributed by atoms with van der Waals surface area (Å²) < 4.78 is 0. The van der Waals surface area contributed by atoms with E-state index >= 15 is 0 Å². The SMILES string of the molecule is CCc1ccc(N2CC(C3NC4CCCCC4N3)CC2=O)cc1. The van der Waals surface area contributed by atoms with Crippen LogP contribution in [0.1, 0.15) is 44.6 Å². The number of hydrogen-bond acceptors (Lipinski definition) is 3. The van der Waals surface area contributed by atoms with Crippen molar-refractivity contribution in [1.29, 1.82) is 0 Å². The fourth-order valence-corrected chi connectivity index (χ4v) is 4.43. The average molecular weight is 313 g/mol. The van der Waals surface area contributed by atoms with Gasteiger partial charge in [-0.1, -0.05) is 31.9 Å². The smallest absolute Gasteiger partial charge is 0.227 e. The molecule has 3 aliphatic rings. The molecular weight excluding hydrogens is 286 g/mol. The Kier molecular flexibility index (Phi) is 4.12. The minimum absolute atomic E-state index is 0.262. The molecule has 2 saturated heterocycles. The number of rotatable bonds is 3. The zero-order valence-corrected chi connectivity index (χ0v) is 13.9. The van der Waals surface area contributed by atoms with Gasteiger partial charge in [-0.3, -0.25) is 15.4 Å². The van der Waals surface area contributed by atoms with Gasteiger partial charge < -0.3 is 4.90 Å². The number of hydrogen-bond donors (Lipinski definition) is 2. The molecule has 0 bridgehead atoms. The first-order valence-electron chi connectivity index (χ1n) is 9.16. The lowest BCUT2D eigenvalue weighted by molar-refractivity contribution is -0.117. The molecule has 0 spiro atoms. The van der Waals surface area contributed by atoms with Gasteiger partial charge in [0.05, 0.1) is 6.17 Å². The summed E-state index contributed by atoms with van der Waals surface area (Å²) in [5, 5.41) is 7.51. The number of nitrogens with zero attached hydrogens (tertiary/aromatic N) is 1. The molecule has 3 fully saturated rings. The maximum atomic E-state index is 12.5. The Morgan fingerprint density at radius 1 is 1.09 bits per heavy atom. The van der Waals surface area contributed by atoms with E-state index in [1.54, 1.807) is 0 Å². The van der Waals surface area contributed by atoms with E-state index in [1.807, 2.05) is 4.90 Å². The van der Waals surface area contributed by atoms with Gasteiger partial charge in [0.25, 0.3) is 0 Å². The van der Waals surface area contributed by atoms with Crippen LogP contribution in [-0.4, -0.2) is 30.7 Å². The van der Waals surface area contributed by atoms with Gasteiger partial charge in [-0.2, -0.15) is 0 Å². The molecule has 4 rings (SSSR count). The first kappa shape index (κ1) is 15.2. The standard InChI is InChI=1S/C19H27N3O/c1-2-13-7-9-15(10-8-13)22-12-14(11-18(22)23)19-20-16-5-3-4-6-17(16)21-19/h7-10,14,16-17,19-21H,2-6,11-12H2,1H3. The Bertz CT molecular complexity index is 556. The van der Waals surface area contributed by atoms with Crippen LogP contribution in [0.5, 0.6) is 0 Å². The molecule has 0 aromatic heterocycles. The lowest BCUT2D eigenvalue weighted by Gasteiger charge is -2.23. The van der Waals surface area contributed by atoms with Crippen LogP contribution in [0, 0.1) is 5.92 Å². The number of aryl methyl sites for hydroxylation is 1. The van der Waals surface area contributed by atoms with Crippen LogP contribution in [0.15, 0.2) is 24.3 Å². The molecule has 1 amide bonds. The normalized spacial score (nSPS) is 34.0. The minimum Gasteiger partial charge on any atom is -0.312 e. The van der Waals surface area contributed by atoms with Crippen LogP contribution in [0.3, 0.4) is 0 Å². The molecule has 1 saturated carbocycles. The lowest BCUT2D eigenvalue weighted by Crippen LogP contribution is -2.41. The van der Waals surface area contributed by atoms with Gasteiger partial charge in [-0.25, -0.2) is 0 Å². The Balaban J connectivity index is 1.43. The molecule has 3 unspecified atom stereocenters. The zero-order chi connectivity index (χ0) is 15.8. The highest BCUT2D eigenvalue weighted by atomic mass is 16.2. The fraction of sp³-hybridized carbons (Fsp3) is 0.632. The second-order valence-electron chi connectivity index (χ2n) is 7.30. The second-order valence-corrected chi connectivity index (χ2v) is 7.30. The number of carbonyl (C=O) groups excluding carboxylic acids is 1. The number of carbonyl (C=O) groups is 1. The summed E-state index contributed by atoms with van der Waals surface area (Å²) in [4.78, 5) is 14.4. The Labute approximate surface area is 138 Å². The third-order valence-corrected chi connectivity index (χ3v) is 5.84. The molecule has 23 heavy (non-hydrogen) atoms. The topological polar surface area (TPSA) is 44.4 Å². The molecule has 1 aliphatic carbocycles. The largest absolute Gasteiger partial charge is 0.312 e. The van der Waals surface area contributed by atoms with Crippen molar-refractivity contribution in [3.8, 4) is 0 Å². The second kappa shape index (κ2) is 6.25. The van der Waals surface area contributed by atoms with E-state index in [0.29, 0.717) is 30.6 Å². The molecule has 0 radical (unpaired) electrons. The summed E-state index contributed by atoms with van der Waals surface area (Å²) >= 11 is 0. The van der Waals surface area contributed by atoms with Crippen LogP contribution in [-0.2, 0) is 11.2 Å². The Morgan fingerprint density at radius 3 is 2.35 bits per heavy atom. The number of anilines is 1. The zero-order valence-electron chi connectivity index (χ0n) is 13.9. The van der Waals surface area contributed by atoms with E-state index < -0.39 is 0 Å². The van der Waals surface area contributed by atoms with Crippen LogP contribution >= 0.6 is 0 Å². The van der Waals surface area contributed by atoms with Crippen molar-refractivity contribution in [3.63, 3.8) is 0 Å². The van der Waals surface area contributed by atoms with E-state index in [9.17, 15) is 4.79 Å². The van der Waals surface area contributed by atoms with Crippen LogP contribution in [0.2, 0.25) is 0 Å². The molecule has 3 atom stereocenters. The van der Waals surface area contributed by atoms with Gasteiger partial charge in [0.1, 0.15) is 0 Å². The number of fused-ring (bicyclic) bond motifs is 1. The van der Waals surface area contributed by atoms with Crippen LogP contribution < -0.4 is 15.5 Å². The highest BCUT2D eigenvalue weighted by molar-refractivity contribution is 5.95. The predicted octanol–water partition coefficient (Wildman–Crippen LogP) is 2.43. The minimum atomic E-state index is 0.262. The van der Waals surface area contributed by atoms with Crippen molar-refractivity contribution in [2.45, 2.75) is 63.7 Å². The van der Waals surface area contributed by atoms with Crippen molar-refractivity contribution in [1.82, 2.24) is 10.6 Å². The van der Waals surface area contributed by atoms with Crippen LogP contribution in [0.4, 0.5) is 5.69 Å². The molecule has 1 aromatic carbocycles. The molecule has 4 heteroatoms. The van der Waals surface area contributed by atoms with Crippen molar-refractivity contribution in [3.05, 3.63) is 29.8 Å². The molecular formula is C19H27N3O. The fourth-order valence-electron chi connectivity index (χ4n) is 4.43. The maximum Gasteiger partial charge on any atom is 0.227 e. The first-order chi connectivity index (χ1) is 11.2. The van der Waals surface area contributed by atoms with E-state index in [4.69, 9.17) is 0 Å². The van der Waals surface area contributed by atoms with Gasteiger partial charge in [0.2, 0.25) is 5.91 Å². The highest BCUT2D eigenvalue weighted by Gasteiger charge is 2.42. The highest BCUT2D eigenvalue weighted by Crippen LogP contribution is 2.31. The van der Waals surface area contributed by atoms with E-state index in [-0.39, 0.29) is 5.91 Å². The predicted molar refractivity (Wildman–Crippen MR) is 92.4 cm³/mol. The summed E-state index contributed by atoms with van der Waals surface area (Å²) in [5.41, 5.74) is 2.37. The van der Waals surface area contributed by atoms with Gasteiger partial charge in [0.15, 0.2) is 0 Å². The molecule has 2 N–H and O–H groups in total. The summed E-state index contributed by atoms with van der Waals surface area (Å²) in [6.07, 6.45) is 7.21. The average Bonchev–Trinajstić information content (AvgIpc) is 3.18. The van der Waals surface area contributed by atoms with Gasteiger partial charge in [-0.15, -0.1) is 0 Å². The number of nitrogens with one attached hydrogen (secondary N) is 2. The summed E-state index contributed by atoms with van der Waals surface area (Å²) in [5.74, 6) is 0.636. The van der Waals surface area contributed by atoms with Crippen molar-refractivity contribution in [2.24, 2.45) is 5.92 Å². The van der Waals surface area contributed by atoms with Crippen LogP contribution in [0.25, 0.3) is 0 Å². The first-order valence-corrected chi connectivity index (χ1v) is 9.16. The number of amides is 1. The van der Waals surface area contributed by atoms with E-state index in [2.05, 4.69) is 41.8 Å². The quantitative estimate of drug-likeness (QED) is 0.901. The van der Waals surface area contributed by atoms with Gasteiger partial charge in [-0.05, 0) is 37.0 Å². The van der Waals surface area contributed by atoms with E-state index in [0.717, 1.165) is 18.7 Å². The molecule has 4 nitrogen and oxygen atoms in total. The molecule has 2 heterocycles. The Morgan fingerprint density at radius 2 is 1.74 bits per heavy atom. The van der Waals surface area contributed by atoms with Gasteiger partial charge >= 0.3 is 0 Å². The van der Waals surface area contributed by atoms with Crippen molar-refractivity contribution in [2.75, 3.05) is 11.4 Å². The Hall–Kier alpha value is -1.39. The number of benzene rings is 1. The molecule has 2 aliphatic heterocycles. The lowest BCUT2D eigenvalue weighted by atomic mass is 9.92.